The molecule has 2 aromatic rings. The van der Waals surface area contributed by atoms with Gasteiger partial charge in [0.2, 0.25) is 0 Å². The van der Waals surface area contributed by atoms with Crippen LogP contribution in [0.2, 0.25) is 5.02 Å². The number of nitrogens with one attached hydrogen (secondary N) is 1. The van der Waals surface area contributed by atoms with Crippen LogP contribution in [0, 0.1) is 10.1 Å². The van der Waals surface area contributed by atoms with Gasteiger partial charge in [0, 0.05) is 11.1 Å². The minimum Gasteiger partial charge on any atom is -0.410 e. The summed E-state index contributed by atoms with van der Waals surface area (Å²) in [6.07, 6.45) is -0.818. The maximum atomic E-state index is 11.7. The van der Waals surface area contributed by atoms with Crippen LogP contribution in [0.3, 0.4) is 0 Å². The predicted octanol–water partition coefficient (Wildman–Crippen LogP) is 3.86. The van der Waals surface area contributed by atoms with E-state index in [4.69, 9.17) is 16.3 Å². The lowest BCUT2D eigenvalue weighted by molar-refractivity contribution is -0.383. The normalized spacial score (nSPS) is 9.85. The van der Waals surface area contributed by atoms with E-state index in [-0.39, 0.29) is 16.4 Å². The Morgan fingerprint density at radius 2 is 1.90 bits per heavy atom. The molecule has 2 rings (SSSR count). The van der Waals surface area contributed by atoms with E-state index in [1.807, 2.05) is 0 Å². The largest absolute Gasteiger partial charge is 0.417 e. The standard InChI is InChI=1S/C13H9ClN2O4/c14-9-6-7-11(12(8-9)16(18)19)15-13(17)20-10-4-2-1-3-5-10/h1-8H,(H,15,17). The van der Waals surface area contributed by atoms with Crippen molar-refractivity contribution in [3.8, 4) is 5.75 Å². The second-order valence-electron chi connectivity index (χ2n) is 3.75. The lowest BCUT2D eigenvalue weighted by Crippen LogP contribution is -2.17. The number of anilines is 1. The molecule has 1 amide bonds. The van der Waals surface area contributed by atoms with Crippen LogP contribution in [0.15, 0.2) is 48.5 Å². The fourth-order valence-corrected chi connectivity index (χ4v) is 1.66. The number of halogens is 1. The smallest absolute Gasteiger partial charge is 0.410 e. The lowest BCUT2D eigenvalue weighted by atomic mass is 10.2. The summed E-state index contributed by atoms with van der Waals surface area (Å²) in [5.74, 6) is 0.335. The molecule has 0 aliphatic rings. The number of para-hydroxylation sites is 1. The van der Waals surface area contributed by atoms with E-state index in [0.717, 1.165) is 6.07 Å². The van der Waals surface area contributed by atoms with E-state index in [1.165, 1.54) is 12.1 Å². The van der Waals surface area contributed by atoms with Crippen molar-refractivity contribution in [2.24, 2.45) is 0 Å². The van der Waals surface area contributed by atoms with Crippen LogP contribution >= 0.6 is 11.6 Å². The highest BCUT2D eigenvalue weighted by Gasteiger charge is 2.17. The molecule has 0 unspecified atom stereocenters. The number of carbonyl (C=O) groups excluding carboxylic acids is 1. The number of nitro benzene ring substituents is 1. The van der Waals surface area contributed by atoms with Gasteiger partial charge >= 0.3 is 6.09 Å². The number of nitrogens with zero attached hydrogens (tertiary/aromatic N) is 1. The molecule has 2 aromatic carbocycles. The van der Waals surface area contributed by atoms with Gasteiger partial charge < -0.3 is 4.74 Å². The third-order valence-electron chi connectivity index (χ3n) is 2.35. The Balaban J connectivity index is 2.14. The SMILES string of the molecule is O=C(Nc1ccc(Cl)cc1[N+](=O)[O-])Oc1ccccc1. The lowest BCUT2D eigenvalue weighted by Gasteiger charge is -2.07. The van der Waals surface area contributed by atoms with Crippen molar-refractivity contribution in [2.75, 3.05) is 5.32 Å². The van der Waals surface area contributed by atoms with Crippen molar-refractivity contribution >= 4 is 29.1 Å². The summed E-state index contributed by atoms with van der Waals surface area (Å²) in [6.45, 7) is 0. The Kier molecular flexibility index (Phi) is 4.17. The van der Waals surface area contributed by atoms with E-state index in [0.29, 0.717) is 5.75 Å². The Morgan fingerprint density at radius 3 is 2.55 bits per heavy atom. The van der Waals surface area contributed by atoms with Crippen LogP contribution in [0.5, 0.6) is 5.75 Å². The predicted molar refractivity (Wildman–Crippen MR) is 74.2 cm³/mol. The van der Waals surface area contributed by atoms with Crippen LogP contribution in [0.25, 0.3) is 0 Å². The van der Waals surface area contributed by atoms with Gasteiger partial charge in [-0.2, -0.15) is 0 Å². The van der Waals surface area contributed by atoms with Gasteiger partial charge in [0.1, 0.15) is 11.4 Å². The van der Waals surface area contributed by atoms with E-state index in [1.54, 1.807) is 30.3 Å². The second-order valence-corrected chi connectivity index (χ2v) is 4.18. The summed E-state index contributed by atoms with van der Waals surface area (Å²) in [6, 6.07) is 12.3. The van der Waals surface area contributed by atoms with Gasteiger partial charge in [-0.15, -0.1) is 0 Å². The average Bonchev–Trinajstić information content (AvgIpc) is 2.41. The van der Waals surface area contributed by atoms with Crippen LogP contribution in [0.1, 0.15) is 0 Å². The molecule has 0 heterocycles. The summed E-state index contributed by atoms with van der Waals surface area (Å²) in [4.78, 5) is 21.9. The third kappa shape index (κ3) is 3.46. The summed E-state index contributed by atoms with van der Waals surface area (Å²) in [5, 5.41) is 13.4. The molecule has 20 heavy (non-hydrogen) atoms. The van der Waals surface area contributed by atoms with Gasteiger partial charge in [-0.05, 0) is 24.3 Å². The highest BCUT2D eigenvalue weighted by atomic mass is 35.5. The number of nitro groups is 1. The van der Waals surface area contributed by atoms with Gasteiger partial charge in [0.05, 0.1) is 4.92 Å². The van der Waals surface area contributed by atoms with Crippen LogP contribution in [-0.4, -0.2) is 11.0 Å². The molecule has 0 bridgehead atoms. The molecular weight excluding hydrogens is 284 g/mol. The Morgan fingerprint density at radius 1 is 1.20 bits per heavy atom. The molecule has 102 valence electrons. The van der Waals surface area contributed by atoms with E-state index in [2.05, 4.69) is 5.32 Å². The molecule has 0 spiro atoms. The number of benzene rings is 2. The number of amides is 1. The van der Waals surface area contributed by atoms with Crippen molar-refractivity contribution < 1.29 is 14.5 Å². The number of hydrogen-bond acceptors (Lipinski definition) is 4. The Hall–Kier alpha value is -2.60. The molecule has 1 N–H and O–H groups in total. The van der Waals surface area contributed by atoms with Crippen molar-refractivity contribution in [3.63, 3.8) is 0 Å². The Labute approximate surface area is 119 Å². The van der Waals surface area contributed by atoms with Crippen molar-refractivity contribution in [1.29, 1.82) is 0 Å². The molecule has 0 aliphatic heterocycles. The fourth-order valence-electron chi connectivity index (χ4n) is 1.49. The van der Waals surface area contributed by atoms with Gasteiger partial charge in [0.15, 0.2) is 0 Å². The third-order valence-corrected chi connectivity index (χ3v) is 2.58. The van der Waals surface area contributed by atoms with Gasteiger partial charge in [-0.3, -0.25) is 15.4 Å². The van der Waals surface area contributed by atoms with Crippen LogP contribution in [-0.2, 0) is 0 Å². The summed E-state index contributed by atoms with van der Waals surface area (Å²) >= 11 is 5.68. The molecule has 7 heteroatoms. The molecule has 0 aliphatic carbocycles. The van der Waals surface area contributed by atoms with Gasteiger partial charge in [0.25, 0.3) is 5.69 Å². The summed E-state index contributed by atoms with van der Waals surface area (Å²) in [7, 11) is 0. The van der Waals surface area contributed by atoms with Gasteiger partial charge in [-0.1, -0.05) is 29.8 Å². The maximum absolute atomic E-state index is 11.7. The second kappa shape index (κ2) is 6.03. The van der Waals surface area contributed by atoms with Gasteiger partial charge in [-0.25, -0.2) is 4.79 Å². The molecule has 0 fully saturated rings. The van der Waals surface area contributed by atoms with E-state index < -0.39 is 11.0 Å². The summed E-state index contributed by atoms with van der Waals surface area (Å²) < 4.78 is 4.98. The first-order valence-corrected chi connectivity index (χ1v) is 5.92. The molecule has 6 nitrogen and oxygen atoms in total. The zero-order valence-electron chi connectivity index (χ0n) is 10.1. The number of carbonyl (C=O) groups is 1. The molecule has 0 saturated heterocycles. The first kappa shape index (κ1) is 13.8. The quantitative estimate of drug-likeness (QED) is 0.688. The van der Waals surface area contributed by atoms with Crippen molar-refractivity contribution in [3.05, 3.63) is 63.7 Å². The molecule has 0 atom stereocenters. The average molecular weight is 293 g/mol. The molecule has 0 radical (unpaired) electrons. The maximum Gasteiger partial charge on any atom is 0.417 e. The van der Waals surface area contributed by atoms with Crippen LogP contribution in [0.4, 0.5) is 16.2 Å². The first-order chi connectivity index (χ1) is 9.56. The highest BCUT2D eigenvalue weighted by molar-refractivity contribution is 6.31. The zero-order valence-corrected chi connectivity index (χ0v) is 10.8. The number of hydrogen-bond donors (Lipinski definition) is 1. The van der Waals surface area contributed by atoms with Crippen molar-refractivity contribution in [2.45, 2.75) is 0 Å². The van der Waals surface area contributed by atoms with Crippen LogP contribution < -0.4 is 10.1 Å². The first-order valence-electron chi connectivity index (χ1n) is 5.54. The summed E-state index contributed by atoms with van der Waals surface area (Å²) in [5.41, 5.74) is -0.289. The number of rotatable bonds is 3. The minimum absolute atomic E-state index is 0.0142. The van der Waals surface area contributed by atoms with E-state index in [9.17, 15) is 14.9 Å². The van der Waals surface area contributed by atoms with E-state index >= 15 is 0 Å². The minimum atomic E-state index is -0.818. The molecule has 0 saturated carbocycles. The van der Waals surface area contributed by atoms with Crippen molar-refractivity contribution in [1.82, 2.24) is 0 Å². The zero-order chi connectivity index (χ0) is 14.5. The monoisotopic (exact) mass is 292 g/mol. The topological polar surface area (TPSA) is 81.5 Å². The highest BCUT2D eigenvalue weighted by Crippen LogP contribution is 2.27. The molecule has 0 aromatic heterocycles. The molecular formula is C13H9ClN2O4. The Bertz CT molecular complexity index is 646. The fraction of sp³-hybridized carbons (Fsp3) is 0. The number of ether oxygens (including phenoxy) is 1.